The van der Waals surface area contributed by atoms with Crippen molar-refractivity contribution in [3.8, 4) is 0 Å². The van der Waals surface area contributed by atoms with Crippen molar-refractivity contribution in [2.45, 2.75) is 31.6 Å². The standard InChI is InChI=1S/C28H27BrN4O3S2/c1-19-13-15-32(16-14-19)38(35,36)24-10-6-22(7-11-24)27(34)33(30-18-21-4-8-23(29)9-5-21)28-31-25-12-3-20(2)17-26(25)37-28/h3-12,17-19H,13-16H2,1-2H3/b30-18+. The van der Waals surface area contributed by atoms with Crippen LogP contribution in [0.4, 0.5) is 5.13 Å². The van der Waals surface area contributed by atoms with Gasteiger partial charge in [-0.3, -0.25) is 4.79 Å². The number of sulfonamides is 1. The van der Waals surface area contributed by atoms with E-state index in [9.17, 15) is 13.2 Å². The zero-order valence-electron chi connectivity index (χ0n) is 21.0. The van der Waals surface area contributed by atoms with Crippen LogP contribution in [0.25, 0.3) is 10.2 Å². The van der Waals surface area contributed by atoms with Gasteiger partial charge in [0.2, 0.25) is 15.2 Å². The Kier molecular flexibility index (Phi) is 7.76. The minimum Gasteiger partial charge on any atom is -0.267 e. The molecular weight excluding hydrogens is 584 g/mol. The summed E-state index contributed by atoms with van der Waals surface area (Å²) in [5.41, 5.74) is 3.02. The van der Waals surface area contributed by atoms with Crippen LogP contribution in [0.1, 0.15) is 41.3 Å². The van der Waals surface area contributed by atoms with Crippen LogP contribution >= 0.6 is 27.3 Å². The number of thiazole rings is 1. The minimum absolute atomic E-state index is 0.184. The van der Waals surface area contributed by atoms with Crippen LogP contribution in [0.2, 0.25) is 0 Å². The van der Waals surface area contributed by atoms with Gasteiger partial charge in [-0.1, -0.05) is 52.4 Å². The molecule has 38 heavy (non-hydrogen) atoms. The summed E-state index contributed by atoms with van der Waals surface area (Å²) in [6, 6.07) is 19.6. The summed E-state index contributed by atoms with van der Waals surface area (Å²) in [6.07, 6.45) is 3.31. The molecule has 5 rings (SSSR count). The van der Waals surface area contributed by atoms with Crippen molar-refractivity contribution in [1.29, 1.82) is 0 Å². The van der Waals surface area contributed by atoms with Gasteiger partial charge in [-0.15, -0.1) is 0 Å². The van der Waals surface area contributed by atoms with Gasteiger partial charge in [-0.25, -0.2) is 13.4 Å². The first-order chi connectivity index (χ1) is 18.2. The number of aryl methyl sites for hydroxylation is 1. The number of piperidine rings is 1. The molecule has 196 valence electrons. The summed E-state index contributed by atoms with van der Waals surface area (Å²) in [4.78, 5) is 18.5. The zero-order chi connectivity index (χ0) is 26.9. The molecule has 0 bridgehead atoms. The second-order valence-electron chi connectivity index (χ2n) is 9.49. The number of fused-ring (bicyclic) bond motifs is 1. The summed E-state index contributed by atoms with van der Waals surface area (Å²) < 4.78 is 29.7. The first-order valence-electron chi connectivity index (χ1n) is 12.3. The van der Waals surface area contributed by atoms with Crippen molar-refractivity contribution >= 4 is 64.8 Å². The van der Waals surface area contributed by atoms with E-state index in [-0.39, 0.29) is 4.90 Å². The van der Waals surface area contributed by atoms with Crippen molar-refractivity contribution < 1.29 is 13.2 Å². The molecule has 0 aliphatic carbocycles. The molecule has 7 nitrogen and oxygen atoms in total. The number of hydrogen-bond acceptors (Lipinski definition) is 6. The number of hydrogen-bond donors (Lipinski definition) is 0. The number of amides is 1. The molecule has 0 spiro atoms. The van der Waals surface area contributed by atoms with E-state index in [1.165, 1.54) is 32.8 Å². The number of carbonyl (C=O) groups is 1. The average molecular weight is 612 g/mol. The first kappa shape index (κ1) is 26.7. The number of anilines is 1. The molecule has 1 aliphatic heterocycles. The van der Waals surface area contributed by atoms with Crippen molar-refractivity contribution in [1.82, 2.24) is 9.29 Å². The molecule has 0 saturated carbocycles. The summed E-state index contributed by atoms with van der Waals surface area (Å²) in [5, 5.41) is 6.21. The van der Waals surface area contributed by atoms with Gasteiger partial charge in [0.05, 0.1) is 21.3 Å². The Morgan fingerprint density at radius 2 is 1.76 bits per heavy atom. The van der Waals surface area contributed by atoms with Crippen molar-refractivity contribution in [3.05, 3.63) is 87.9 Å². The van der Waals surface area contributed by atoms with E-state index in [1.807, 2.05) is 49.4 Å². The third-order valence-electron chi connectivity index (χ3n) is 6.58. The molecule has 0 N–H and O–H groups in total. The van der Waals surface area contributed by atoms with E-state index in [0.717, 1.165) is 38.7 Å². The maximum atomic E-state index is 13.7. The third-order valence-corrected chi connectivity index (χ3v) is 10.0. The lowest BCUT2D eigenvalue weighted by Gasteiger charge is -2.29. The largest absolute Gasteiger partial charge is 0.280 e. The Hall–Kier alpha value is -2.92. The third kappa shape index (κ3) is 5.73. The number of nitrogens with zero attached hydrogens (tertiary/aromatic N) is 4. The molecule has 1 fully saturated rings. The molecule has 10 heteroatoms. The van der Waals surface area contributed by atoms with Gasteiger partial charge in [0, 0.05) is 23.1 Å². The highest BCUT2D eigenvalue weighted by atomic mass is 79.9. The lowest BCUT2D eigenvalue weighted by Crippen LogP contribution is -2.37. The van der Waals surface area contributed by atoms with E-state index >= 15 is 0 Å². The maximum Gasteiger partial charge on any atom is 0.280 e. The number of halogens is 1. The van der Waals surface area contributed by atoms with Crippen LogP contribution in [0.3, 0.4) is 0 Å². The molecule has 1 amide bonds. The Labute approximate surface area is 235 Å². The van der Waals surface area contributed by atoms with E-state index in [2.05, 4.69) is 32.9 Å². The van der Waals surface area contributed by atoms with Gasteiger partial charge in [0.25, 0.3) is 5.91 Å². The monoisotopic (exact) mass is 610 g/mol. The fourth-order valence-electron chi connectivity index (χ4n) is 4.24. The Morgan fingerprint density at radius 3 is 2.45 bits per heavy atom. The van der Waals surface area contributed by atoms with Crippen LogP contribution in [-0.2, 0) is 10.0 Å². The molecule has 4 aromatic rings. The molecular formula is C28H27BrN4O3S2. The highest BCUT2D eigenvalue weighted by Gasteiger charge is 2.28. The van der Waals surface area contributed by atoms with E-state index in [0.29, 0.717) is 29.7 Å². The maximum absolute atomic E-state index is 13.7. The second kappa shape index (κ2) is 11.1. The molecule has 3 aromatic carbocycles. The summed E-state index contributed by atoms with van der Waals surface area (Å²) in [6.45, 7) is 5.18. The first-order valence-corrected chi connectivity index (χ1v) is 15.4. The van der Waals surface area contributed by atoms with E-state index in [4.69, 9.17) is 0 Å². The summed E-state index contributed by atoms with van der Waals surface area (Å²) in [7, 11) is -3.61. The quantitative estimate of drug-likeness (QED) is 0.185. The Bertz CT molecular complexity index is 1590. The van der Waals surface area contributed by atoms with E-state index < -0.39 is 15.9 Å². The van der Waals surface area contributed by atoms with E-state index in [1.54, 1.807) is 18.3 Å². The normalized spacial score (nSPS) is 15.3. The zero-order valence-corrected chi connectivity index (χ0v) is 24.3. The summed E-state index contributed by atoms with van der Waals surface area (Å²) >= 11 is 4.80. The number of rotatable bonds is 6. The molecule has 0 atom stereocenters. The number of benzene rings is 3. The predicted octanol–water partition coefficient (Wildman–Crippen LogP) is 6.47. The van der Waals surface area contributed by atoms with Crippen molar-refractivity contribution in [2.24, 2.45) is 11.0 Å². The van der Waals surface area contributed by atoms with Gasteiger partial charge in [0.15, 0.2) is 0 Å². The van der Waals surface area contributed by atoms with Gasteiger partial charge in [0.1, 0.15) is 0 Å². The van der Waals surface area contributed by atoms with Crippen LogP contribution in [0.5, 0.6) is 0 Å². The van der Waals surface area contributed by atoms with Gasteiger partial charge < -0.3 is 0 Å². The average Bonchev–Trinajstić information content (AvgIpc) is 3.33. The molecule has 2 heterocycles. The highest BCUT2D eigenvalue weighted by Crippen LogP contribution is 2.31. The van der Waals surface area contributed by atoms with Crippen LogP contribution in [0, 0.1) is 12.8 Å². The SMILES string of the molecule is Cc1ccc2nc(N(/N=C/c3ccc(Br)cc3)C(=O)c3ccc(S(=O)(=O)N4CCC(C)CC4)cc3)sc2c1. The highest BCUT2D eigenvalue weighted by molar-refractivity contribution is 9.10. The Balaban J connectivity index is 1.46. The lowest BCUT2D eigenvalue weighted by atomic mass is 10.0. The Morgan fingerprint density at radius 1 is 1.08 bits per heavy atom. The molecule has 1 aliphatic rings. The number of carbonyl (C=O) groups excluding carboxylic acids is 1. The number of aromatic nitrogens is 1. The van der Waals surface area contributed by atoms with Gasteiger partial charge in [-0.05, 0) is 85.3 Å². The number of hydrazone groups is 1. The second-order valence-corrected chi connectivity index (χ2v) is 13.4. The fourth-order valence-corrected chi connectivity index (χ4v) is 6.99. The molecule has 1 saturated heterocycles. The fraction of sp³-hybridized carbons (Fsp3) is 0.250. The summed E-state index contributed by atoms with van der Waals surface area (Å²) in [5.74, 6) is 0.127. The topological polar surface area (TPSA) is 82.9 Å². The van der Waals surface area contributed by atoms with Crippen LogP contribution in [-0.4, -0.2) is 42.9 Å². The molecule has 1 aromatic heterocycles. The predicted molar refractivity (Wildman–Crippen MR) is 157 cm³/mol. The smallest absolute Gasteiger partial charge is 0.267 e. The van der Waals surface area contributed by atoms with Crippen LogP contribution in [0.15, 0.2) is 81.2 Å². The van der Waals surface area contributed by atoms with Crippen LogP contribution < -0.4 is 5.01 Å². The molecule has 0 unspecified atom stereocenters. The molecule has 0 radical (unpaired) electrons. The van der Waals surface area contributed by atoms with Crippen molar-refractivity contribution in [2.75, 3.05) is 18.1 Å². The van der Waals surface area contributed by atoms with Crippen molar-refractivity contribution in [3.63, 3.8) is 0 Å². The van der Waals surface area contributed by atoms with Gasteiger partial charge in [-0.2, -0.15) is 14.4 Å². The lowest BCUT2D eigenvalue weighted by molar-refractivity contribution is 0.0987. The minimum atomic E-state index is -3.61. The van der Waals surface area contributed by atoms with Gasteiger partial charge >= 0.3 is 0 Å².